The number of hydrogen-bond acceptors (Lipinski definition) is 2. The zero-order valence-electron chi connectivity index (χ0n) is 12.4. The number of nitrogens with zero attached hydrogens (tertiary/aromatic N) is 1. The van der Waals surface area contributed by atoms with Gasteiger partial charge >= 0.3 is 0 Å². The lowest BCUT2D eigenvalue weighted by atomic mass is 9.96. The molecule has 3 rings (SSSR count). The van der Waals surface area contributed by atoms with E-state index >= 15 is 0 Å². The summed E-state index contributed by atoms with van der Waals surface area (Å²) in [6.07, 6.45) is 1.64. The average Bonchev–Trinajstić information content (AvgIpc) is 2.84. The largest absolute Gasteiger partial charge is 0.383 e. The van der Waals surface area contributed by atoms with E-state index in [1.54, 1.807) is 7.11 Å². The molecule has 1 aliphatic heterocycles. The average molecular weight is 283 g/mol. The van der Waals surface area contributed by atoms with Gasteiger partial charge in [0, 0.05) is 26.6 Å². The molecule has 3 nitrogen and oxygen atoms in total. The molecule has 0 aliphatic carbocycles. The minimum atomic E-state index is 0.262. The van der Waals surface area contributed by atoms with E-state index in [0.29, 0.717) is 25.5 Å². The number of fused-ring (bicyclic) bond motifs is 1. The molecular weight excluding hydrogens is 262 g/mol. The van der Waals surface area contributed by atoms with Crippen molar-refractivity contribution in [2.45, 2.75) is 12.8 Å². The minimum absolute atomic E-state index is 0.262. The summed E-state index contributed by atoms with van der Waals surface area (Å²) in [5, 5.41) is 2.54. The highest BCUT2D eigenvalue weighted by atomic mass is 16.5. The number of likely N-dealkylation sites (tertiary alicyclic amines) is 1. The fraction of sp³-hybridized carbons (Fsp3) is 0.389. The Kier molecular flexibility index (Phi) is 4.20. The number of hydrogen-bond donors (Lipinski definition) is 0. The lowest BCUT2D eigenvalue weighted by Crippen LogP contribution is -2.28. The van der Waals surface area contributed by atoms with Gasteiger partial charge in [-0.1, -0.05) is 42.5 Å². The molecule has 110 valence electrons. The highest BCUT2D eigenvalue weighted by Gasteiger charge is 2.29. The van der Waals surface area contributed by atoms with E-state index in [1.165, 1.54) is 16.3 Å². The number of carbonyl (C=O) groups is 1. The molecule has 1 fully saturated rings. The van der Waals surface area contributed by atoms with Crippen molar-refractivity contribution in [3.05, 3.63) is 48.0 Å². The van der Waals surface area contributed by atoms with Crippen molar-refractivity contribution < 1.29 is 9.53 Å². The first-order valence-electron chi connectivity index (χ1n) is 7.50. The summed E-state index contributed by atoms with van der Waals surface area (Å²) in [5.74, 6) is 0.688. The summed E-state index contributed by atoms with van der Waals surface area (Å²) in [4.78, 5) is 13.9. The molecule has 0 aromatic heterocycles. The van der Waals surface area contributed by atoms with Crippen molar-refractivity contribution in [1.82, 2.24) is 4.90 Å². The van der Waals surface area contributed by atoms with Gasteiger partial charge < -0.3 is 9.64 Å². The molecule has 1 heterocycles. The molecule has 1 saturated heterocycles. The fourth-order valence-electron chi connectivity index (χ4n) is 3.11. The molecule has 1 atom stereocenters. The molecule has 0 spiro atoms. The van der Waals surface area contributed by atoms with E-state index in [-0.39, 0.29) is 5.91 Å². The second kappa shape index (κ2) is 6.27. The lowest BCUT2D eigenvalue weighted by molar-refractivity contribution is -0.128. The van der Waals surface area contributed by atoms with Crippen LogP contribution in [0.3, 0.4) is 0 Å². The van der Waals surface area contributed by atoms with Gasteiger partial charge in [0.2, 0.25) is 5.91 Å². The Labute approximate surface area is 125 Å². The highest BCUT2D eigenvalue weighted by Crippen LogP contribution is 2.24. The number of carbonyl (C=O) groups excluding carboxylic acids is 1. The molecule has 0 N–H and O–H groups in total. The Bertz CT molecular complexity index is 638. The fourth-order valence-corrected chi connectivity index (χ4v) is 3.11. The topological polar surface area (TPSA) is 29.5 Å². The van der Waals surface area contributed by atoms with Gasteiger partial charge in [0.15, 0.2) is 0 Å². The third kappa shape index (κ3) is 3.24. The van der Waals surface area contributed by atoms with Crippen molar-refractivity contribution in [2.75, 3.05) is 26.8 Å². The first-order chi connectivity index (χ1) is 10.3. The van der Waals surface area contributed by atoms with Crippen LogP contribution in [0.25, 0.3) is 10.8 Å². The second-order valence-corrected chi connectivity index (χ2v) is 5.79. The molecule has 1 unspecified atom stereocenters. The van der Waals surface area contributed by atoms with Crippen LogP contribution in [-0.4, -0.2) is 37.6 Å². The van der Waals surface area contributed by atoms with Crippen LogP contribution in [-0.2, 0) is 16.0 Å². The van der Waals surface area contributed by atoms with E-state index < -0.39 is 0 Å². The molecular formula is C18H21NO2. The number of ether oxygens (including phenoxy) is 1. The number of methoxy groups -OCH3 is 1. The third-order valence-electron chi connectivity index (χ3n) is 4.20. The minimum Gasteiger partial charge on any atom is -0.383 e. The molecule has 2 aromatic rings. The summed E-state index contributed by atoms with van der Waals surface area (Å²) in [6, 6.07) is 15.0. The first kappa shape index (κ1) is 14.1. The molecule has 0 radical (unpaired) electrons. The Balaban J connectivity index is 1.67. The Morgan fingerprint density at radius 2 is 2.00 bits per heavy atom. The monoisotopic (exact) mass is 283 g/mol. The van der Waals surface area contributed by atoms with E-state index in [4.69, 9.17) is 4.74 Å². The zero-order valence-corrected chi connectivity index (χ0v) is 12.4. The van der Waals surface area contributed by atoms with Crippen molar-refractivity contribution in [1.29, 1.82) is 0 Å². The summed E-state index contributed by atoms with van der Waals surface area (Å²) in [7, 11) is 1.67. The summed E-state index contributed by atoms with van der Waals surface area (Å²) >= 11 is 0. The Morgan fingerprint density at radius 1 is 1.19 bits per heavy atom. The normalized spacial score (nSPS) is 18.6. The number of rotatable bonds is 5. The molecule has 3 heteroatoms. The van der Waals surface area contributed by atoms with Crippen LogP contribution >= 0.6 is 0 Å². The zero-order chi connectivity index (χ0) is 14.7. The van der Waals surface area contributed by atoms with Crippen LogP contribution in [0.15, 0.2) is 42.5 Å². The smallest absolute Gasteiger partial charge is 0.223 e. The quantitative estimate of drug-likeness (QED) is 0.844. The van der Waals surface area contributed by atoms with Crippen LogP contribution in [0.5, 0.6) is 0 Å². The number of benzene rings is 2. The van der Waals surface area contributed by atoms with Gasteiger partial charge in [-0.15, -0.1) is 0 Å². The molecule has 1 aliphatic rings. The maximum absolute atomic E-state index is 12.0. The van der Waals surface area contributed by atoms with Crippen molar-refractivity contribution in [2.24, 2.45) is 5.92 Å². The van der Waals surface area contributed by atoms with E-state index in [2.05, 4.69) is 42.5 Å². The molecule has 2 aromatic carbocycles. The standard InChI is InChI=1S/C18H21NO2/c1-21-9-8-19-13-15(12-18(19)20)10-14-6-7-16-4-2-3-5-17(16)11-14/h2-7,11,15H,8-10,12-13H2,1H3. The van der Waals surface area contributed by atoms with E-state index in [1.807, 2.05) is 4.90 Å². The van der Waals surface area contributed by atoms with Crippen molar-refractivity contribution in [3.8, 4) is 0 Å². The summed E-state index contributed by atoms with van der Waals surface area (Å²) < 4.78 is 5.06. The van der Waals surface area contributed by atoms with Gasteiger partial charge in [-0.05, 0) is 28.7 Å². The van der Waals surface area contributed by atoms with Crippen LogP contribution < -0.4 is 0 Å². The van der Waals surface area contributed by atoms with Crippen molar-refractivity contribution in [3.63, 3.8) is 0 Å². The van der Waals surface area contributed by atoms with E-state index in [0.717, 1.165) is 13.0 Å². The Hall–Kier alpha value is -1.87. The van der Waals surface area contributed by atoms with Gasteiger partial charge in [0.25, 0.3) is 0 Å². The van der Waals surface area contributed by atoms with Crippen LogP contribution in [0.4, 0.5) is 0 Å². The SMILES string of the molecule is COCCN1CC(Cc2ccc3ccccc3c2)CC1=O. The maximum Gasteiger partial charge on any atom is 0.223 e. The molecule has 0 saturated carbocycles. The van der Waals surface area contributed by atoms with Gasteiger partial charge in [-0.3, -0.25) is 4.79 Å². The molecule has 0 bridgehead atoms. The summed E-state index contributed by atoms with van der Waals surface area (Å²) in [6.45, 7) is 2.19. The predicted molar refractivity (Wildman–Crippen MR) is 84.2 cm³/mol. The van der Waals surface area contributed by atoms with E-state index in [9.17, 15) is 4.79 Å². The van der Waals surface area contributed by atoms with Crippen LogP contribution in [0.1, 0.15) is 12.0 Å². The van der Waals surface area contributed by atoms with Gasteiger partial charge in [-0.25, -0.2) is 0 Å². The highest BCUT2D eigenvalue weighted by molar-refractivity contribution is 5.83. The molecule has 21 heavy (non-hydrogen) atoms. The third-order valence-corrected chi connectivity index (χ3v) is 4.20. The number of amides is 1. The lowest BCUT2D eigenvalue weighted by Gasteiger charge is -2.16. The van der Waals surface area contributed by atoms with Gasteiger partial charge in [0.05, 0.1) is 6.61 Å². The second-order valence-electron chi connectivity index (χ2n) is 5.79. The Morgan fingerprint density at radius 3 is 2.81 bits per heavy atom. The van der Waals surface area contributed by atoms with Crippen LogP contribution in [0.2, 0.25) is 0 Å². The van der Waals surface area contributed by atoms with Gasteiger partial charge in [0.1, 0.15) is 0 Å². The van der Waals surface area contributed by atoms with Crippen molar-refractivity contribution >= 4 is 16.7 Å². The van der Waals surface area contributed by atoms with Crippen LogP contribution in [0, 0.1) is 5.92 Å². The molecule has 1 amide bonds. The predicted octanol–water partition coefficient (Wildman–Crippen LogP) is 2.88. The first-order valence-corrected chi connectivity index (χ1v) is 7.50. The summed E-state index contributed by atoms with van der Waals surface area (Å²) in [5.41, 5.74) is 1.32. The maximum atomic E-state index is 12.0. The van der Waals surface area contributed by atoms with Gasteiger partial charge in [-0.2, -0.15) is 0 Å².